The van der Waals surface area contributed by atoms with Crippen molar-refractivity contribution in [1.29, 1.82) is 0 Å². The standard InChI is InChI=1S/C24H33N5.HI/c25-24(26-13-12-20-4-2-1-3-5-20)27-18-21-8-10-23(11-9-21)29-16-14-28(15-17-29)19-22-6-7-22;/h1-5,8-11,22H,6-7,12-19H2,(H3,25,26,27);1H. The lowest BCUT2D eigenvalue weighted by Gasteiger charge is -2.36. The molecule has 0 aromatic heterocycles. The lowest BCUT2D eigenvalue weighted by Crippen LogP contribution is -2.47. The highest BCUT2D eigenvalue weighted by molar-refractivity contribution is 14.0. The molecule has 1 heterocycles. The number of aliphatic imine (C=N–C) groups is 1. The number of nitrogens with two attached hydrogens (primary N) is 1. The van der Waals surface area contributed by atoms with E-state index in [0.717, 1.165) is 32.0 Å². The Hall–Kier alpha value is -1.80. The summed E-state index contributed by atoms with van der Waals surface area (Å²) in [5, 5.41) is 3.20. The molecule has 0 atom stereocenters. The Kier molecular flexibility index (Phi) is 8.81. The number of hydrogen-bond acceptors (Lipinski definition) is 3. The summed E-state index contributed by atoms with van der Waals surface area (Å²) in [6, 6.07) is 19.2. The molecule has 1 saturated carbocycles. The third-order valence-electron chi connectivity index (χ3n) is 5.88. The van der Waals surface area contributed by atoms with Gasteiger partial charge in [0, 0.05) is 45.0 Å². The predicted molar refractivity (Wildman–Crippen MR) is 137 cm³/mol. The van der Waals surface area contributed by atoms with E-state index in [-0.39, 0.29) is 24.0 Å². The van der Waals surface area contributed by atoms with Gasteiger partial charge in [-0.05, 0) is 48.4 Å². The number of nitrogens with one attached hydrogen (secondary N) is 1. The highest BCUT2D eigenvalue weighted by atomic mass is 127. The van der Waals surface area contributed by atoms with Crippen molar-refractivity contribution >= 4 is 35.6 Å². The average molecular weight is 519 g/mol. The summed E-state index contributed by atoms with van der Waals surface area (Å²) in [5.41, 5.74) is 9.82. The molecule has 1 aliphatic carbocycles. The molecule has 2 aliphatic rings. The third-order valence-corrected chi connectivity index (χ3v) is 5.88. The van der Waals surface area contributed by atoms with Crippen LogP contribution in [0, 0.1) is 5.92 Å². The van der Waals surface area contributed by atoms with E-state index in [1.54, 1.807) is 0 Å². The van der Waals surface area contributed by atoms with Crippen LogP contribution in [0.5, 0.6) is 0 Å². The maximum absolute atomic E-state index is 6.01. The van der Waals surface area contributed by atoms with Gasteiger partial charge in [-0.25, -0.2) is 4.99 Å². The normalized spacial score (nSPS) is 17.5. The van der Waals surface area contributed by atoms with Crippen molar-refractivity contribution in [3.63, 3.8) is 0 Å². The van der Waals surface area contributed by atoms with Gasteiger partial charge < -0.3 is 16.0 Å². The molecular weight excluding hydrogens is 485 g/mol. The summed E-state index contributed by atoms with van der Waals surface area (Å²) in [5.74, 6) is 1.50. The molecule has 1 aliphatic heterocycles. The molecule has 6 heteroatoms. The molecule has 0 amide bonds. The first kappa shape index (κ1) is 22.9. The lowest BCUT2D eigenvalue weighted by atomic mass is 10.1. The molecule has 162 valence electrons. The molecule has 5 nitrogen and oxygen atoms in total. The average Bonchev–Trinajstić information content (AvgIpc) is 3.58. The highest BCUT2D eigenvalue weighted by Gasteiger charge is 2.26. The molecule has 0 spiro atoms. The Labute approximate surface area is 197 Å². The van der Waals surface area contributed by atoms with Crippen LogP contribution in [0.2, 0.25) is 0 Å². The van der Waals surface area contributed by atoms with Crippen molar-refractivity contribution in [3.05, 3.63) is 65.7 Å². The topological polar surface area (TPSA) is 56.9 Å². The van der Waals surface area contributed by atoms with Gasteiger partial charge in [-0.15, -0.1) is 24.0 Å². The zero-order valence-electron chi connectivity index (χ0n) is 17.7. The Morgan fingerprint density at radius 1 is 0.933 bits per heavy atom. The van der Waals surface area contributed by atoms with Crippen molar-refractivity contribution in [2.75, 3.05) is 44.2 Å². The zero-order valence-corrected chi connectivity index (χ0v) is 20.0. The number of anilines is 1. The van der Waals surface area contributed by atoms with Crippen LogP contribution in [0.3, 0.4) is 0 Å². The van der Waals surface area contributed by atoms with Crippen LogP contribution >= 0.6 is 24.0 Å². The molecule has 2 fully saturated rings. The molecule has 0 radical (unpaired) electrons. The number of nitrogens with zero attached hydrogens (tertiary/aromatic N) is 3. The summed E-state index contributed by atoms with van der Waals surface area (Å²) in [6.07, 6.45) is 3.83. The zero-order chi connectivity index (χ0) is 19.9. The van der Waals surface area contributed by atoms with Gasteiger partial charge in [-0.1, -0.05) is 42.5 Å². The lowest BCUT2D eigenvalue weighted by molar-refractivity contribution is 0.248. The second-order valence-corrected chi connectivity index (χ2v) is 8.26. The summed E-state index contributed by atoms with van der Waals surface area (Å²) in [6.45, 7) is 7.35. The van der Waals surface area contributed by atoms with E-state index in [0.29, 0.717) is 12.5 Å². The Morgan fingerprint density at radius 3 is 2.30 bits per heavy atom. The number of rotatable bonds is 8. The Bertz CT molecular complexity index is 781. The minimum Gasteiger partial charge on any atom is -0.370 e. The molecule has 1 saturated heterocycles. The van der Waals surface area contributed by atoms with E-state index in [1.165, 1.54) is 49.3 Å². The first-order chi connectivity index (χ1) is 14.3. The molecule has 30 heavy (non-hydrogen) atoms. The van der Waals surface area contributed by atoms with Crippen molar-refractivity contribution in [2.45, 2.75) is 25.8 Å². The second-order valence-electron chi connectivity index (χ2n) is 8.26. The van der Waals surface area contributed by atoms with Crippen LogP contribution in [-0.2, 0) is 13.0 Å². The fourth-order valence-electron chi connectivity index (χ4n) is 3.88. The van der Waals surface area contributed by atoms with Gasteiger partial charge >= 0.3 is 0 Å². The van der Waals surface area contributed by atoms with Gasteiger partial charge in [-0.3, -0.25) is 4.90 Å². The molecule has 2 aromatic rings. The van der Waals surface area contributed by atoms with Gasteiger partial charge in [0.15, 0.2) is 5.96 Å². The minimum atomic E-state index is 0. The van der Waals surface area contributed by atoms with Gasteiger partial charge in [0.25, 0.3) is 0 Å². The minimum absolute atomic E-state index is 0. The maximum atomic E-state index is 6.01. The van der Waals surface area contributed by atoms with E-state index in [1.807, 2.05) is 6.07 Å². The van der Waals surface area contributed by atoms with Gasteiger partial charge in [0.1, 0.15) is 0 Å². The summed E-state index contributed by atoms with van der Waals surface area (Å²) >= 11 is 0. The van der Waals surface area contributed by atoms with Crippen LogP contribution in [0.15, 0.2) is 59.6 Å². The first-order valence-electron chi connectivity index (χ1n) is 10.9. The van der Waals surface area contributed by atoms with Crippen LogP contribution in [-0.4, -0.2) is 50.1 Å². The van der Waals surface area contributed by atoms with Crippen LogP contribution in [0.1, 0.15) is 24.0 Å². The van der Waals surface area contributed by atoms with Crippen molar-refractivity contribution in [3.8, 4) is 0 Å². The van der Waals surface area contributed by atoms with Gasteiger partial charge in [0.2, 0.25) is 0 Å². The molecule has 4 rings (SSSR count). The van der Waals surface area contributed by atoms with E-state index < -0.39 is 0 Å². The summed E-state index contributed by atoms with van der Waals surface area (Å²) < 4.78 is 0. The number of benzene rings is 2. The Morgan fingerprint density at radius 2 is 1.63 bits per heavy atom. The van der Waals surface area contributed by atoms with Crippen molar-refractivity contribution < 1.29 is 0 Å². The van der Waals surface area contributed by atoms with Gasteiger partial charge in [0.05, 0.1) is 6.54 Å². The molecule has 3 N–H and O–H groups in total. The Balaban J connectivity index is 0.00000256. The third kappa shape index (κ3) is 7.16. The molecular formula is C24H34IN5. The highest BCUT2D eigenvalue weighted by Crippen LogP contribution is 2.30. The van der Waals surface area contributed by atoms with Crippen molar-refractivity contribution in [1.82, 2.24) is 10.2 Å². The molecule has 0 bridgehead atoms. The van der Waals surface area contributed by atoms with Gasteiger partial charge in [-0.2, -0.15) is 0 Å². The first-order valence-corrected chi connectivity index (χ1v) is 10.9. The largest absolute Gasteiger partial charge is 0.370 e. The number of hydrogen-bond donors (Lipinski definition) is 2. The molecule has 2 aromatic carbocycles. The van der Waals surface area contributed by atoms with E-state index in [4.69, 9.17) is 5.73 Å². The quantitative estimate of drug-likeness (QED) is 0.319. The summed E-state index contributed by atoms with van der Waals surface area (Å²) in [7, 11) is 0. The SMILES string of the molecule is I.NC(=NCc1ccc(N2CCN(CC3CC3)CC2)cc1)NCCc1ccccc1. The van der Waals surface area contributed by atoms with Crippen LogP contribution in [0.25, 0.3) is 0 Å². The second kappa shape index (κ2) is 11.6. The number of guanidine groups is 1. The van der Waals surface area contributed by atoms with Crippen LogP contribution < -0.4 is 16.0 Å². The monoisotopic (exact) mass is 519 g/mol. The number of piperazine rings is 1. The fraction of sp³-hybridized carbons (Fsp3) is 0.458. The van der Waals surface area contributed by atoms with E-state index in [2.05, 4.69) is 68.6 Å². The fourth-order valence-corrected chi connectivity index (χ4v) is 3.88. The van der Waals surface area contributed by atoms with Crippen LogP contribution in [0.4, 0.5) is 5.69 Å². The summed E-state index contributed by atoms with van der Waals surface area (Å²) in [4.78, 5) is 9.60. The van der Waals surface area contributed by atoms with E-state index in [9.17, 15) is 0 Å². The smallest absolute Gasteiger partial charge is 0.188 e. The van der Waals surface area contributed by atoms with E-state index >= 15 is 0 Å². The molecule has 0 unspecified atom stereocenters. The maximum Gasteiger partial charge on any atom is 0.188 e. The number of halogens is 1. The van der Waals surface area contributed by atoms with Crippen molar-refractivity contribution in [2.24, 2.45) is 16.6 Å². The predicted octanol–water partition coefficient (Wildman–Crippen LogP) is 3.48.